The van der Waals surface area contributed by atoms with Crippen molar-refractivity contribution in [2.24, 2.45) is 16.2 Å². The molecule has 200 valence electrons. The molecule has 0 aliphatic rings. The Balaban J connectivity index is -0.00000320. The van der Waals surface area contributed by atoms with Crippen LogP contribution in [0.1, 0.15) is 90.0 Å². The Bertz CT molecular complexity index is 823. The highest BCUT2D eigenvalue weighted by atomic mass is 19.2. The molecule has 0 aliphatic heterocycles. The van der Waals surface area contributed by atoms with Crippen LogP contribution in [0.4, 0.5) is 26.7 Å². The lowest BCUT2D eigenvalue weighted by Gasteiger charge is -2.53. The van der Waals surface area contributed by atoms with Crippen LogP contribution in [-0.2, 0) is 9.53 Å². The molecule has 0 amide bonds. The van der Waals surface area contributed by atoms with Crippen molar-refractivity contribution < 1.29 is 41.0 Å². The summed E-state index contributed by atoms with van der Waals surface area (Å²) in [4.78, 5) is 24.2. The predicted octanol–water partition coefficient (Wildman–Crippen LogP) is 8.64. The molecule has 0 fully saturated rings. The predicted molar refractivity (Wildman–Crippen MR) is 124 cm³/mol. The highest BCUT2D eigenvalue weighted by Crippen LogP contribution is 2.55. The number of ketones is 1. The van der Waals surface area contributed by atoms with Crippen molar-refractivity contribution >= 4 is 11.9 Å². The third-order valence-corrected chi connectivity index (χ3v) is 6.74. The minimum atomic E-state index is -2.37. The fraction of sp³-hybridized carbons (Fsp3) is 0.680. The van der Waals surface area contributed by atoms with Crippen LogP contribution < -0.4 is 4.74 Å². The number of hydrogen-bond donors (Lipinski definition) is 0. The molecule has 0 aliphatic carbocycles. The van der Waals surface area contributed by atoms with Crippen molar-refractivity contribution in [3.63, 3.8) is 0 Å². The van der Waals surface area contributed by atoms with Crippen molar-refractivity contribution in [1.82, 2.24) is 0 Å². The topological polar surface area (TPSA) is 52.6 Å². The van der Waals surface area contributed by atoms with E-state index in [-0.39, 0.29) is 41.1 Å². The average molecular weight is 501 g/mol. The van der Waals surface area contributed by atoms with Crippen LogP contribution in [0.5, 0.6) is 5.75 Å². The summed E-state index contributed by atoms with van der Waals surface area (Å²) >= 11 is 0. The van der Waals surface area contributed by atoms with Gasteiger partial charge in [-0.25, -0.2) is 18.0 Å². The van der Waals surface area contributed by atoms with Crippen molar-refractivity contribution in [3.05, 3.63) is 29.1 Å². The van der Waals surface area contributed by atoms with E-state index in [0.717, 1.165) is 0 Å². The Hall–Kier alpha value is -2.19. The number of benzene rings is 1. The molecule has 0 radical (unpaired) electrons. The number of hydrogen-bond acceptors (Lipinski definition) is 4. The van der Waals surface area contributed by atoms with Crippen LogP contribution in [0.25, 0.3) is 0 Å². The maximum absolute atomic E-state index is 13.8. The van der Waals surface area contributed by atoms with Gasteiger partial charge in [0.15, 0.2) is 0 Å². The summed E-state index contributed by atoms with van der Waals surface area (Å²) in [6.07, 6.45) is -0.461. The molecule has 1 aromatic rings. The van der Waals surface area contributed by atoms with Gasteiger partial charge in [0.05, 0.1) is 0 Å². The number of carbonyl (C=O) groups is 2. The van der Waals surface area contributed by atoms with E-state index in [0.29, 0.717) is 12.8 Å². The van der Waals surface area contributed by atoms with Crippen LogP contribution in [0, 0.1) is 45.3 Å². The smallest absolute Gasteiger partial charge is 0.433 e. The van der Waals surface area contributed by atoms with Gasteiger partial charge in [-0.05, 0) is 10.8 Å². The standard InChI is InChI=1S/C22H29F5O4.3CH4/c1-8-12(28)10-21(5,6)22(7,20(3,4)9-2)11-30-19(29)31-18-16(26)14(24)13(23)15(25)17(18)27;;;/h8-11H2,1-7H3;3*1H4. The van der Waals surface area contributed by atoms with E-state index in [1.165, 1.54) is 0 Å². The van der Waals surface area contributed by atoms with Crippen LogP contribution in [0.15, 0.2) is 0 Å². The van der Waals surface area contributed by atoms with Crippen molar-refractivity contribution in [3.8, 4) is 5.75 Å². The first-order valence-electron chi connectivity index (χ1n) is 9.94. The molecular formula is C25H41F5O4. The van der Waals surface area contributed by atoms with Crippen LogP contribution in [0.3, 0.4) is 0 Å². The number of rotatable bonds is 9. The zero-order chi connectivity index (χ0) is 24.4. The molecule has 0 saturated heterocycles. The quantitative estimate of drug-likeness (QED) is 0.112. The van der Waals surface area contributed by atoms with Crippen molar-refractivity contribution in [1.29, 1.82) is 0 Å². The van der Waals surface area contributed by atoms with Crippen LogP contribution in [0.2, 0.25) is 0 Å². The first-order valence-corrected chi connectivity index (χ1v) is 9.94. The molecule has 0 spiro atoms. The summed E-state index contributed by atoms with van der Waals surface area (Å²) in [6.45, 7) is 12.7. The van der Waals surface area contributed by atoms with Gasteiger partial charge in [0.1, 0.15) is 12.4 Å². The van der Waals surface area contributed by atoms with E-state index in [4.69, 9.17) is 4.74 Å². The summed E-state index contributed by atoms with van der Waals surface area (Å²) in [5.41, 5.74) is -1.94. The normalized spacial score (nSPS) is 12.9. The van der Waals surface area contributed by atoms with Gasteiger partial charge in [0, 0.05) is 18.3 Å². The summed E-state index contributed by atoms with van der Waals surface area (Å²) in [5.74, 6) is -13.1. The lowest BCUT2D eigenvalue weighted by molar-refractivity contribution is -0.130. The van der Waals surface area contributed by atoms with Crippen LogP contribution in [-0.4, -0.2) is 18.5 Å². The van der Waals surface area contributed by atoms with E-state index < -0.39 is 57.2 Å². The lowest BCUT2D eigenvalue weighted by Crippen LogP contribution is -2.51. The van der Waals surface area contributed by atoms with Crippen molar-refractivity contribution in [2.75, 3.05) is 6.61 Å². The summed E-state index contributed by atoms with van der Waals surface area (Å²) in [5, 5.41) is 0. The number of ether oxygens (including phenoxy) is 2. The summed E-state index contributed by atoms with van der Waals surface area (Å²) < 4.78 is 76.7. The monoisotopic (exact) mass is 500 g/mol. The Morgan fingerprint density at radius 3 is 1.53 bits per heavy atom. The van der Waals surface area contributed by atoms with E-state index >= 15 is 0 Å². The fourth-order valence-corrected chi connectivity index (χ4v) is 3.50. The molecule has 1 rings (SSSR count). The third-order valence-electron chi connectivity index (χ3n) is 6.74. The largest absolute Gasteiger partial charge is 0.514 e. The Kier molecular flexibility index (Phi) is 14.0. The van der Waals surface area contributed by atoms with E-state index in [1.54, 1.807) is 6.92 Å². The summed E-state index contributed by atoms with van der Waals surface area (Å²) in [6, 6.07) is 0. The Morgan fingerprint density at radius 2 is 1.15 bits per heavy atom. The number of Topliss-reactive ketones (excluding diaryl/α,β-unsaturated/α-hetero) is 1. The maximum Gasteiger partial charge on any atom is 0.514 e. The molecular weight excluding hydrogens is 459 g/mol. The second-order valence-corrected chi connectivity index (χ2v) is 9.06. The van der Waals surface area contributed by atoms with Gasteiger partial charge >= 0.3 is 6.16 Å². The second-order valence-electron chi connectivity index (χ2n) is 9.06. The molecule has 0 N–H and O–H groups in total. The Morgan fingerprint density at radius 1 is 0.735 bits per heavy atom. The fourth-order valence-electron chi connectivity index (χ4n) is 3.50. The molecule has 34 heavy (non-hydrogen) atoms. The molecule has 1 atom stereocenters. The van der Waals surface area contributed by atoms with Crippen molar-refractivity contribution in [2.45, 2.75) is 90.0 Å². The third kappa shape index (κ3) is 6.92. The zero-order valence-corrected chi connectivity index (χ0v) is 18.9. The van der Waals surface area contributed by atoms with Gasteiger partial charge < -0.3 is 9.47 Å². The minimum absolute atomic E-state index is 0. The van der Waals surface area contributed by atoms with Crippen LogP contribution >= 0.6 is 0 Å². The Labute approximate surface area is 201 Å². The molecule has 0 heterocycles. The van der Waals surface area contributed by atoms with Gasteiger partial charge in [-0.3, -0.25) is 4.79 Å². The molecule has 0 aromatic heterocycles. The zero-order valence-electron chi connectivity index (χ0n) is 18.9. The molecule has 0 saturated carbocycles. The average Bonchev–Trinajstić information content (AvgIpc) is 2.71. The first-order chi connectivity index (χ1) is 14.1. The molecule has 1 aromatic carbocycles. The highest BCUT2D eigenvalue weighted by molar-refractivity contribution is 5.78. The van der Waals surface area contributed by atoms with Gasteiger partial charge in [-0.15, -0.1) is 0 Å². The molecule has 4 nitrogen and oxygen atoms in total. The van der Waals surface area contributed by atoms with E-state index in [1.807, 2.05) is 41.5 Å². The van der Waals surface area contributed by atoms with E-state index in [2.05, 4.69) is 4.74 Å². The lowest BCUT2D eigenvalue weighted by atomic mass is 9.52. The minimum Gasteiger partial charge on any atom is -0.433 e. The van der Waals surface area contributed by atoms with Gasteiger partial charge in [0.25, 0.3) is 0 Å². The van der Waals surface area contributed by atoms with E-state index in [9.17, 15) is 31.5 Å². The molecule has 9 heteroatoms. The second kappa shape index (κ2) is 13.0. The molecule has 0 bridgehead atoms. The van der Waals surface area contributed by atoms with Gasteiger partial charge in [-0.2, -0.15) is 8.78 Å². The SMILES string of the molecule is C.C.C.CCC(=O)CC(C)(C)C(C)(COC(=O)Oc1c(F)c(F)c(F)c(F)c1F)C(C)(C)CC. The van der Waals surface area contributed by atoms with Gasteiger partial charge in [0.2, 0.25) is 34.8 Å². The first kappa shape index (κ1) is 36.4. The summed E-state index contributed by atoms with van der Waals surface area (Å²) in [7, 11) is 0. The number of carbonyl (C=O) groups excluding carboxylic acids is 2. The highest BCUT2D eigenvalue weighted by Gasteiger charge is 2.52. The number of halogens is 5. The molecule has 1 unspecified atom stereocenters. The van der Waals surface area contributed by atoms with Gasteiger partial charge in [-0.1, -0.05) is 77.2 Å². The maximum atomic E-state index is 13.8.